The molecule has 1 fully saturated rings. The van der Waals surface area contributed by atoms with Gasteiger partial charge in [0.25, 0.3) is 0 Å². The molecule has 2 atom stereocenters. The average Bonchev–Trinajstić information content (AvgIpc) is 2.28. The van der Waals surface area contributed by atoms with Crippen LogP contribution in [0.1, 0.15) is 33.6 Å². The van der Waals surface area contributed by atoms with Gasteiger partial charge in [0.2, 0.25) is 0 Å². The largest absolute Gasteiger partial charge is 0.300 e. The molecule has 1 aliphatic rings. The second kappa shape index (κ2) is 7.57. The zero-order chi connectivity index (χ0) is 12.0. The summed E-state index contributed by atoms with van der Waals surface area (Å²) < 4.78 is 0. The van der Waals surface area contributed by atoms with Gasteiger partial charge in [-0.3, -0.25) is 4.90 Å². The average molecular weight is 244 g/mol. The first-order chi connectivity index (χ1) is 7.71. The fraction of sp³-hybridized carbons (Fsp3) is 1.00. The van der Waals surface area contributed by atoms with Crippen LogP contribution in [0.25, 0.3) is 0 Å². The molecule has 0 aromatic rings. The molecule has 0 N–H and O–H groups in total. The maximum atomic E-state index is 4.47. The van der Waals surface area contributed by atoms with Gasteiger partial charge in [0.15, 0.2) is 0 Å². The maximum Gasteiger partial charge on any atom is 0.0195 e. The Labute approximate surface area is 107 Å². The molecule has 0 radical (unpaired) electrons. The van der Waals surface area contributed by atoms with Crippen molar-refractivity contribution in [1.82, 2.24) is 9.80 Å². The molecular weight excluding hydrogens is 216 g/mol. The van der Waals surface area contributed by atoms with Gasteiger partial charge in [-0.2, -0.15) is 12.6 Å². The third kappa shape index (κ3) is 4.27. The van der Waals surface area contributed by atoms with Crippen LogP contribution in [0.3, 0.4) is 0 Å². The van der Waals surface area contributed by atoms with Crippen LogP contribution in [0.5, 0.6) is 0 Å². The van der Waals surface area contributed by atoms with Gasteiger partial charge in [-0.15, -0.1) is 0 Å². The molecule has 1 heterocycles. The van der Waals surface area contributed by atoms with Crippen molar-refractivity contribution < 1.29 is 0 Å². The molecule has 0 bridgehead atoms. The second-order valence-electron chi connectivity index (χ2n) is 5.07. The number of thiol groups is 1. The molecule has 1 saturated heterocycles. The van der Waals surface area contributed by atoms with Crippen molar-refractivity contribution in [3.63, 3.8) is 0 Å². The Bertz CT molecular complexity index is 187. The lowest BCUT2D eigenvalue weighted by atomic mass is 10.0. The van der Waals surface area contributed by atoms with E-state index in [4.69, 9.17) is 0 Å². The monoisotopic (exact) mass is 244 g/mol. The Kier molecular flexibility index (Phi) is 6.78. The molecule has 0 amide bonds. The van der Waals surface area contributed by atoms with E-state index in [1.54, 1.807) is 0 Å². The molecule has 0 spiro atoms. The van der Waals surface area contributed by atoms with Crippen molar-refractivity contribution in [3.8, 4) is 0 Å². The summed E-state index contributed by atoms with van der Waals surface area (Å²) in [6.45, 7) is 13.1. The molecule has 3 heteroatoms. The van der Waals surface area contributed by atoms with Gasteiger partial charge < -0.3 is 4.90 Å². The molecule has 96 valence electrons. The predicted octanol–water partition coefficient (Wildman–Crippen LogP) is 2.36. The quantitative estimate of drug-likeness (QED) is 0.717. The zero-order valence-corrected chi connectivity index (χ0v) is 12.0. The van der Waals surface area contributed by atoms with E-state index in [1.165, 1.54) is 45.6 Å². The number of likely N-dealkylation sites (N-methyl/N-ethyl adjacent to an activating group) is 1. The highest BCUT2D eigenvalue weighted by Crippen LogP contribution is 2.14. The Morgan fingerprint density at radius 3 is 2.56 bits per heavy atom. The Morgan fingerprint density at radius 1 is 1.31 bits per heavy atom. The third-order valence-corrected chi connectivity index (χ3v) is 4.24. The van der Waals surface area contributed by atoms with E-state index in [9.17, 15) is 0 Å². The van der Waals surface area contributed by atoms with Crippen LogP contribution in [0, 0.1) is 5.92 Å². The van der Waals surface area contributed by atoms with E-state index in [0.717, 1.165) is 17.7 Å². The van der Waals surface area contributed by atoms with Crippen LogP contribution >= 0.6 is 12.6 Å². The van der Waals surface area contributed by atoms with E-state index in [1.807, 2.05) is 0 Å². The number of piperazine rings is 1. The molecule has 16 heavy (non-hydrogen) atoms. The van der Waals surface area contributed by atoms with E-state index in [0.29, 0.717) is 0 Å². The Morgan fingerprint density at radius 2 is 2.06 bits per heavy atom. The van der Waals surface area contributed by atoms with Crippen molar-refractivity contribution >= 4 is 12.6 Å². The molecular formula is C13H28N2S. The lowest BCUT2D eigenvalue weighted by Crippen LogP contribution is -2.52. The van der Waals surface area contributed by atoms with Gasteiger partial charge in [-0.1, -0.05) is 20.3 Å². The summed E-state index contributed by atoms with van der Waals surface area (Å²) in [5.74, 6) is 1.82. The predicted molar refractivity (Wildman–Crippen MR) is 75.4 cm³/mol. The van der Waals surface area contributed by atoms with Crippen molar-refractivity contribution in [3.05, 3.63) is 0 Å². The lowest BCUT2D eigenvalue weighted by Gasteiger charge is -2.40. The topological polar surface area (TPSA) is 6.48 Å². The normalized spacial score (nSPS) is 25.9. The SMILES string of the molecule is CCCC(CS)CN1CCN(CC)C(C)C1. The van der Waals surface area contributed by atoms with Crippen LogP contribution in [-0.2, 0) is 0 Å². The highest BCUT2D eigenvalue weighted by molar-refractivity contribution is 7.80. The van der Waals surface area contributed by atoms with Crippen LogP contribution in [0.15, 0.2) is 0 Å². The lowest BCUT2D eigenvalue weighted by molar-refractivity contribution is 0.0784. The number of hydrogen-bond donors (Lipinski definition) is 1. The van der Waals surface area contributed by atoms with E-state index in [-0.39, 0.29) is 0 Å². The summed E-state index contributed by atoms with van der Waals surface area (Å²) in [4.78, 5) is 5.21. The molecule has 1 rings (SSSR count). The van der Waals surface area contributed by atoms with Gasteiger partial charge in [0.1, 0.15) is 0 Å². The first-order valence-corrected chi connectivity index (χ1v) is 7.41. The van der Waals surface area contributed by atoms with Gasteiger partial charge >= 0.3 is 0 Å². The highest BCUT2D eigenvalue weighted by atomic mass is 32.1. The first kappa shape index (κ1) is 14.3. The third-order valence-electron chi connectivity index (χ3n) is 3.73. The van der Waals surface area contributed by atoms with E-state index in [2.05, 4.69) is 43.2 Å². The number of rotatable bonds is 6. The molecule has 0 aromatic carbocycles. The van der Waals surface area contributed by atoms with Gasteiger partial charge in [0.05, 0.1) is 0 Å². The summed E-state index contributed by atoms with van der Waals surface area (Å²) in [5, 5.41) is 0. The molecule has 1 aliphatic heterocycles. The van der Waals surface area contributed by atoms with Crippen LogP contribution in [0.4, 0.5) is 0 Å². The molecule has 2 nitrogen and oxygen atoms in total. The Hall–Kier alpha value is 0.270. The van der Waals surface area contributed by atoms with E-state index < -0.39 is 0 Å². The van der Waals surface area contributed by atoms with Crippen molar-refractivity contribution in [2.45, 2.75) is 39.7 Å². The Balaban J connectivity index is 2.33. The summed E-state index contributed by atoms with van der Waals surface area (Å²) in [5.41, 5.74) is 0. The van der Waals surface area contributed by atoms with Crippen molar-refractivity contribution in [2.24, 2.45) is 5.92 Å². The standard InChI is InChI=1S/C13H28N2S/c1-4-6-13(11-16)10-14-7-8-15(5-2)12(3)9-14/h12-13,16H,4-11H2,1-3H3. The molecule has 0 aromatic heterocycles. The summed E-state index contributed by atoms with van der Waals surface area (Å²) in [6, 6.07) is 0.723. The maximum absolute atomic E-state index is 4.47. The summed E-state index contributed by atoms with van der Waals surface area (Å²) in [6.07, 6.45) is 2.61. The zero-order valence-electron chi connectivity index (χ0n) is 11.2. The highest BCUT2D eigenvalue weighted by Gasteiger charge is 2.23. The summed E-state index contributed by atoms with van der Waals surface area (Å²) >= 11 is 4.47. The first-order valence-electron chi connectivity index (χ1n) is 6.78. The second-order valence-corrected chi connectivity index (χ2v) is 5.44. The molecule has 0 aliphatic carbocycles. The minimum atomic E-state index is 0.723. The fourth-order valence-corrected chi connectivity index (χ4v) is 3.02. The smallest absolute Gasteiger partial charge is 0.0195 e. The van der Waals surface area contributed by atoms with Gasteiger partial charge in [-0.25, -0.2) is 0 Å². The minimum Gasteiger partial charge on any atom is -0.300 e. The number of nitrogens with zero attached hydrogens (tertiary/aromatic N) is 2. The van der Waals surface area contributed by atoms with Crippen molar-refractivity contribution in [2.75, 3.05) is 38.5 Å². The van der Waals surface area contributed by atoms with Crippen LogP contribution < -0.4 is 0 Å². The van der Waals surface area contributed by atoms with Crippen molar-refractivity contribution in [1.29, 1.82) is 0 Å². The van der Waals surface area contributed by atoms with Gasteiger partial charge in [-0.05, 0) is 31.6 Å². The number of hydrogen-bond acceptors (Lipinski definition) is 3. The fourth-order valence-electron chi connectivity index (χ4n) is 2.72. The van der Waals surface area contributed by atoms with Crippen LogP contribution in [-0.4, -0.2) is 54.3 Å². The molecule has 0 saturated carbocycles. The van der Waals surface area contributed by atoms with E-state index >= 15 is 0 Å². The minimum absolute atomic E-state index is 0.723. The summed E-state index contributed by atoms with van der Waals surface area (Å²) in [7, 11) is 0. The van der Waals surface area contributed by atoms with Gasteiger partial charge in [0, 0.05) is 32.2 Å². The van der Waals surface area contributed by atoms with Crippen LogP contribution in [0.2, 0.25) is 0 Å². The molecule has 2 unspecified atom stereocenters.